The predicted octanol–water partition coefficient (Wildman–Crippen LogP) is 1.96. The Morgan fingerprint density at radius 1 is 1.67 bits per heavy atom. The molecule has 3 heteroatoms. The molecule has 0 fully saturated rings. The molecule has 0 spiro atoms. The molecule has 0 aliphatic rings. The van der Waals surface area contributed by atoms with Crippen molar-refractivity contribution in [3.63, 3.8) is 0 Å². The first-order valence-electron chi connectivity index (χ1n) is 2.94. The molecule has 1 aromatic heterocycles. The molecule has 1 N–H and O–H groups in total. The monoisotopic (exact) mass is 142 g/mol. The Labute approximate surface area is 58.9 Å². The van der Waals surface area contributed by atoms with Crippen molar-refractivity contribution >= 4 is 17.2 Å². The average molecular weight is 142 g/mol. The highest BCUT2D eigenvalue weighted by molar-refractivity contribution is 7.07. The molecule has 9 heavy (non-hydrogen) atoms. The molecule has 0 aromatic carbocycles. The number of rotatable bonds is 2. The van der Waals surface area contributed by atoms with Crippen LogP contribution in [0.4, 0.5) is 5.82 Å². The molecule has 0 saturated carbocycles. The van der Waals surface area contributed by atoms with Gasteiger partial charge in [-0.3, -0.25) is 0 Å². The van der Waals surface area contributed by atoms with Gasteiger partial charge in [-0.05, 0) is 13.8 Å². The third-order valence-corrected chi connectivity index (χ3v) is 1.46. The van der Waals surface area contributed by atoms with Crippen molar-refractivity contribution in [2.75, 3.05) is 5.32 Å². The molecule has 1 aromatic rings. The lowest BCUT2D eigenvalue weighted by Crippen LogP contribution is -2.09. The lowest BCUT2D eigenvalue weighted by molar-refractivity contribution is 0.892. The Bertz CT molecular complexity index is 158. The Balaban J connectivity index is 2.48. The molecule has 1 rings (SSSR count). The molecule has 50 valence electrons. The van der Waals surface area contributed by atoms with Gasteiger partial charge in [-0.25, -0.2) is 4.98 Å². The zero-order chi connectivity index (χ0) is 6.69. The number of hydrogen-bond donors (Lipinski definition) is 1. The Morgan fingerprint density at radius 2 is 2.44 bits per heavy atom. The van der Waals surface area contributed by atoms with Crippen molar-refractivity contribution in [1.29, 1.82) is 0 Å². The average Bonchev–Trinajstić information content (AvgIpc) is 2.15. The number of nitrogens with one attached hydrogen (secondary N) is 1. The Kier molecular flexibility index (Phi) is 2.05. The molecule has 0 aliphatic heterocycles. The van der Waals surface area contributed by atoms with E-state index < -0.39 is 0 Å². The normalized spacial score (nSPS) is 10.1. The van der Waals surface area contributed by atoms with E-state index in [0.717, 1.165) is 5.82 Å². The first kappa shape index (κ1) is 6.55. The van der Waals surface area contributed by atoms with Crippen LogP contribution in [0.25, 0.3) is 0 Å². The van der Waals surface area contributed by atoms with E-state index in [9.17, 15) is 0 Å². The summed E-state index contributed by atoms with van der Waals surface area (Å²) in [5, 5.41) is 5.18. The van der Waals surface area contributed by atoms with E-state index in [2.05, 4.69) is 24.1 Å². The maximum absolute atomic E-state index is 4.06. The van der Waals surface area contributed by atoms with Crippen LogP contribution in [0.2, 0.25) is 0 Å². The lowest BCUT2D eigenvalue weighted by atomic mass is 10.4. The number of aromatic nitrogens is 1. The minimum Gasteiger partial charge on any atom is -0.367 e. The van der Waals surface area contributed by atoms with Crippen molar-refractivity contribution < 1.29 is 0 Å². The van der Waals surface area contributed by atoms with Gasteiger partial charge in [-0.1, -0.05) is 0 Å². The van der Waals surface area contributed by atoms with Crippen molar-refractivity contribution in [3.8, 4) is 0 Å². The van der Waals surface area contributed by atoms with Crippen LogP contribution in [0, 0.1) is 0 Å². The smallest absolute Gasteiger partial charge is 0.137 e. The summed E-state index contributed by atoms with van der Waals surface area (Å²) in [6.45, 7) is 4.19. The summed E-state index contributed by atoms with van der Waals surface area (Å²) in [5.41, 5.74) is 1.82. The first-order valence-corrected chi connectivity index (χ1v) is 3.88. The highest BCUT2D eigenvalue weighted by Gasteiger charge is 1.93. The molecule has 0 bridgehead atoms. The van der Waals surface area contributed by atoms with E-state index in [1.54, 1.807) is 11.3 Å². The SMILES string of the molecule is CC(C)Nc1cscn1. The molecule has 0 saturated heterocycles. The number of anilines is 1. The van der Waals surface area contributed by atoms with Gasteiger partial charge in [0.2, 0.25) is 0 Å². The van der Waals surface area contributed by atoms with Crippen molar-refractivity contribution in [3.05, 3.63) is 10.9 Å². The predicted molar refractivity (Wildman–Crippen MR) is 40.9 cm³/mol. The standard InChI is InChI=1S/C6H10N2S/c1-5(2)8-6-3-9-4-7-6/h3-5,8H,1-2H3. The number of nitrogens with zero attached hydrogens (tertiary/aromatic N) is 1. The fourth-order valence-electron chi connectivity index (χ4n) is 0.580. The van der Waals surface area contributed by atoms with Crippen LogP contribution in [-0.4, -0.2) is 11.0 Å². The van der Waals surface area contributed by atoms with Gasteiger partial charge in [0, 0.05) is 11.4 Å². The first-order chi connectivity index (χ1) is 4.29. The van der Waals surface area contributed by atoms with Crippen LogP contribution in [0.1, 0.15) is 13.8 Å². The number of thiazole rings is 1. The van der Waals surface area contributed by atoms with Crippen LogP contribution in [-0.2, 0) is 0 Å². The summed E-state index contributed by atoms with van der Waals surface area (Å²) >= 11 is 1.61. The summed E-state index contributed by atoms with van der Waals surface area (Å²) in [6.07, 6.45) is 0. The fourth-order valence-corrected chi connectivity index (χ4v) is 1.07. The van der Waals surface area contributed by atoms with Gasteiger partial charge in [0.15, 0.2) is 0 Å². The topological polar surface area (TPSA) is 24.9 Å². The molecule has 2 nitrogen and oxygen atoms in total. The minimum absolute atomic E-state index is 0.479. The van der Waals surface area contributed by atoms with Gasteiger partial charge in [-0.2, -0.15) is 0 Å². The van der Waals surface area contributed by atoms with Crippen LogP contribution >= 0.6 is 11.3 Å². The molecule has 0 radical (unpaired) electrons. The van der Waals surface area contributed by atoms with Gasteiger partial charge in [-0.15, -0.1) is 11.3 Å². The molecule has 1 heterocycles. The van der Waals surface area contributed by atoms with Gasteiger partial charge in [0.05, 0.1) is 5.51 Å². The third kappa shape index (κ3) is 2.01. The zero-order valence-corrected chi connectivity index (χ0v) is 6.40. The molecule has 0 amide bonds. The molecule has 0 unspecified atom stereocenters. The second kappa shape index (κ2) is 2.82. The Hall–Kier alpha value is -0.570. The van der Waals surface area contributed by atoms with Gasteiger partial charge in [0.1, 0.15) is 5.82 Å². The van der Waals surface area contributed by atoms with Crippen LogP contribution in [0.15, 0.2) is 10.9 Å². The summed E-state index contributed by atoms with van der Waals surface area (Å²) in [4.78, 5) is 4.06. The maximum Gasteiger partial charge on any atom is 0.137 e. The molecule has 0 atom stereocenters. The van der Waals surface area contributed by atoms with E-state index >= 15 is 0 Å². The maximum atomic E-state index is 4.06. The van der Waals surface area contributed by atoms with Crippen molar-refractivity contribution in [1.82, 2.24) is 4.98 Å². The van der Waals surface area contributed by atoms with Gasteiger partial charge >= 0.3 is 0 Å². The highest BCUT2D eigenvalue weighted by Crippen LogP contribution is 2.07. The molecule has 0 aliphatic carbocycles. The Morgan fingerprint density at radius 3 is 2.89 bits per heavy atom. The van der Waals surface area contributed by atoms with Gasteiger partial charge < -0.3 is 5.32 Å². The zero-order valence-electron chi connectivity index (χ0n) is 5.59. The van der Waals surface area contributed by atoms with E-state index in [0.29, 0.717) is 6.04 Å². The van der Waals surface area contributed by atoms with Gasteiger partial charge in [0.25, 0.3) is 0 Å². The molecular formula is C6H10N2S. The largest absolute Gasteiger partial charge is 0.367 e. The van der Waals surface area contributed by atoms with Crippen LogP contribution in [0.5, 0.6) is 0 Å². The van der Waals surface area contributed by atoms with Crippen LogP contribution in [0.3, 0.4) is 0 Å². The second-order valence-corrected chi connectivity index (χ2v) is 2.89. The fraction of sp³-hybridized carbons (Fsp3) is 0.500. The van der Waals surface area contributed by atoms with Crippen molar-refractivity contribution in [2.24, 2.45) is 0 Å². The second-order valence-electron chi connectivity index (χ2n) is 2.17. The minimum atomic E-state index is 0.479. The van der Waals surface area contributed by atoms with E-state index in [1.807, 2.05) is 10.9 Å². The lowest BCUT2D eigenvalue weighted by Gasteiger charge is -2.04. The summed E-state index contributed by atoms with van der Waals surface area (Å²) < 4.78 is 0. The summed E-state index contributed by atoms with van der Waals surface area (Å²) in [7, 11) is 0. The van der Waals surface area contributed by atoms with E-state index in [-0.39, 0.29) is 0 Å². The highest BCUT2D eigenvalue weighted by atomic mass is 32.1. The summed E-state index contributed by atoms with van der Waals surface area (Å²) in [6, 6.07) is 0.479. The quantitative estimate of drug-likeness (QED) is 0.682. The van der Waals surface area contributed by atoms with E-state index in [4.69, 9.17) is 0 Å². The summed E-state index contributed by atoms with van der Waals surface area (Å²) in [5.74, 6) is 0.981. The van der Waals surface area contributed by atoms with Crippen molar-refractivity contribution in [2.45, 2.75) is 19.9 Å². The number of hydrogen-bond acceptors (Lipinski definition) is 3. The van der Waals surface area contributed by atoms with E-state index in [1.165, 1.54) is 0 Å². The third-order valence-electron chi connectivity index (χ3n) is 0.869. The molecular weight excluding hydrogens is 132 g/mol. The van der Waals surface area contributed by atoms with Crippen LogP contribution < -0.4 is 5.32 Å².